The number of halogens is 1. The van der Waals surface area contributed by atoms with Crippen LogP contribution in [0.4, 0.5) is 0 Å². The van der Waals surface area contributed by atoms with Gasteiger partial charge in [-0.2, -0.15) is 0 Å². The van der Waals surface area contributed by atoms with Crippen molar-refractivity contribution in [2.75, 3.05) is 20.3 Å². The van der Waals surface area contributed by atoms with Crippen LogP contribution in [0.2, 0.25) is 5.02 Å². The van der Waals surface area contributed by atoms with Crippen molar-refractivity contribution in [1.82, 2.24) is 0 Å². The molecule has 0 spiro atoms. The Labute approximate surface area is 106 Å². The van der Waals surface area contributed by atoms with Crippen molar-refractivity contribution in [3.63, 3.8) is 0 Å². The van der Waals surface area contributed by atoms with Gasteiger partial charge in [0.2, 0.25) is 0 Å². The Morgan fingerprint density at radius 2 is 2.06 bits per heavy atom. The number of hydrogen-bond donors (Lipinski definition) is 2. The molecule has 0 saturated heterocycles. The second-order valence-electron chi connectivity index (χ2n) is 3.85. The SMILES string of the molecule is COc1cc(Cl)cc(CO)c1OCC(C)CO. The zero-order valence-electron chi connectivity index (χ0n) is 9.94. The lowest BCUT2D eigenvalue weighted by molar-refractivity contribution is 0.167. The summed E-state index contributed by atoms with van der Waals surface area (Å²) in [6, 6.07) is 3.25. The average molecular weight is 261 g/mol. The highest BCUT2D eigenvalue weighted by Gasteiger charge is 2.13. The lowest BCUT2D eigenvalue weighted by atomic mass is 10.2. The van der Waals surface area contributed by atoms with Crippen LogP contribution in [-0.4, -0.2) is 30.5 Å². The first kappa shape index (κ1) is 14.1. The summed E-state index contributed by atoms with van der Waals surface area (Å²) in [4.78, 5) is 0. The number of ether oxygens (including phenoxy) is 2. The molecule has 0 saturated carbocycles. The molecule has 5 heteroatoms. The van der Waals surface area contributed by atoms with Gasteiger partial charge in [0.1, 0.15) is 0 Å². The van der Waals surface area contributed by atoms with Crippen molar-refractivity contribution in [1.29, 1.82) is 0 Å². The smallest absolute Gasteiger partial charge is 0.166 e. The third kappa shape index (κ3) is 3.77. The van der Waals surface area contributed by atoms with Crippen LogP contribution < -0.4 is 9.47 Å². The maximum absolute atomic E-state index is 9.24. The maximum Gasteiger partial charge on any atom is 0.166 e. The van der Waals surface area contributed by atoms with E-state index in [1.165, 1.54) is 7.11 Å². The first-order valence-electron chi connectivity index (χ1n) is 5.33. The van der Waals surface area contributed by atoms with Gasteiger partial charge in [0, 0.05) is 29.2 Å². The van der Waals surface area contributed by atoms with E-state index in [-0.39, 0.29) is 19.1 Å². The van der Waals surface area contributed by atoms with Gasteiger partial charge in [0.25, 0.3) is 0 Å². The highest BCUT2D eigenvalue weighted by molar-refractivity contribution is 6.30. The summed E-state index contributed by atoms with van der Waals surface area (Å²) in [5.41, 5.74) is 0.569. The van der Waals surface area contributed by atoms with E-state index in [4.69, 9.17) is 26.2 Å². The second-order valence-corrected chi connectivity index (χ2v) is 4.29. The monoisotopic (exact) mass is 260 g/mol. The highest BCUT2D eigenvalue weighted by atomic mass is 35.5. The Hall–Kier alpha value is -0.970. The first-order chi connectivity index (χ1) is 8.12. The zero-order chi connectivity index (χ0) is 12.8. The Kier molecular flexibility index (Phi) is 5.55. The number of methoxy groups -OCH3 is 1. The lowest BCUT2D eigenvalue weighted by Crippen LogP contribution is -2.13. The van der Waals surface area contributed by atoms with Gasteiger partial charge in [0.15, 0.2) is 11.5 Å². The summed E-state index contributed by atoms with van der Waals surface area (Å²) >= 11 is 5.88. The van der Waals surface area contributed by atoms with Gasteiger partial charge < -0.3 is 19.7 Å². The minimum absolute atomic E-state index is 0.0157. The molecule has 96 valence electrons. The molecule has 0 bridgehead atoms. The summed E-state index contributed by atoms with van der Waals surface area (Å²) in [6.07, 6.45) is 0. The molecule has 1 atom stereocenters. The molecule has 0 aliphatic rings. The molecule has 17 heavy (non-hydrogen) atoms. The minimum atomic E-state index is -0.181. The van der Waals surface area contributed by atoms with Crippen LogP contribution in [0.25, 0.3) is 0 Å². The molecule has 0 fully saturated rings. The van der Waals surface area contributed by atoms with Gasteiger partial charge in [-0.3, -0.25) is 0 Å². The summed E-state index contributed by atoms with van der Waals surface area (Å²) < 4.78 is 10.7. The first-order valence-corrected chi connectivity index (χ1v) is 5.71. The normalized spacial score (nSPS) is 12.3. The molecule has 1 unspecified atom stereocenters. The standard InChI is InChI=1S/C12H17ClO4/c1-8(5-14)7-17-12-9(6-15)3-10(13)4-11(12)16-2/h3-4,8,14-15H,5-7H2,1-2H3. The number of aliphatic hydroxyl groups is 2. The van der Waals surface area contributed by atoms with Gasteiger partial charge in [0.05, 0.1) is 20.3 Å². The van der Waals surface area contributed by atoms with Crippen molar-refractivity contribution in [2.24, 2.45) is 5.92 Å². The fourth-order valence-electron chi connectivity index (χ4n) is 1.33. The van der Waals surface area contributed by atoms with Crippen LogP contribution in [0.15, 0.2) is 12.1 Å². The Morgan fingerprint density at radius 1 is 1.35 bits per heavy atom. The predicted octanol–water partition coefficient (Wildman–Crippen LogP) is 1.85. The maximum atomic E-state index is 9.24. The molecule has 0 aromatic heterocycles. The third-order valence-corrected chi connectivity index (χ3v) is 2.53. The zero-order valence-corrected chi connectivity index (χ0v) is 10.7. The number of aliphatic hydroxyl groups excluding tert-OH is 2. The van der Waals surface area contributed by atoms with E-state index in [1.807, 2.05) is 6.92 Å². The van der Waals surface area contributed by atoms with E-state index >= 15 is 0 Å². The van der Waals surface area contributed by atoms with Gasteiger partial charge >= 0.3 is 0 Å². The van der Waals surface area contributed by atoms with Crippen molar-refractivity contribution >= 4 is 11.6 Å². The molecule has 0 radical (unpaired) electrons. The summed E-state index contributed by atoms with van der Waals surface area (Å²) in [7, 11) is 1.51. The third-order valence-electron chi connectivity index (χ3n) is 2.31. The highest BCUT2D eigenvalue weighted by Crippen LogP contribution is 2.35. The summed E-state index contributed by atoms with van der Waals surface area (Å²) in [5.74, 6) is 0.966. The van der Waals surface area contributed by atoms with Crippen LogP contribution >= 0.6 is 11.6 Å². The minimum Gasteiger partial charge on any atom is -0.493 e. The second kappa shape index (κ2) is 6.69. The van der Waals surface area contributed by atoms with Crippen LogP contribution in [0.1, 0.15) is 12.5 Å². The number of hydrogen-bond acceptors (Lipinski definition) is 4. The van der Waals surface area contributed by atoms with Gasteiger partial charge in [-0.15, -0.1) is 0 Å². The van der Waals surface area contributed by atoms with Gasteiger partial charge in [-0.25, -0.2) is 0 Å². The quantitative estimate of drug-likeness (QED) is 0.820. The van der Waals surface area contributed by atoms with Crippen molar-refractivity contribution in [3.8, 4) is 11.5 Å². The van der Waals surface area contributed by atoms with E-state index in [9.17, 15) is 5.11 Å². The van der Waals surface area contributed by atoms with Crippen LogP contribution in [0, 0.1) is 5.92 Å². The average Bonchev–Trinajstić information content (AvgIpc) is 2.35. The fraction of sp³-hybridized carbons (Fsp3) is 0.500. The van der Waals surface area contributed by atoms with E-state index in [0.29, 0.717) is 28.7 Å². The lowest BCUT2D eigenvalue weighted by Gasteiger charge is -2.16. The van der Waals surface area contributed by atoms with Crippen LogP contribution in [0.5, 0.6) is 11.5 Å². The van der Waals surface area contributed by atoms with Crippen molar-refractivity contribution in [2.45, 2.75) is 13.5 Å². The van der Waals surface area contributed by atoms with Crippen LogP contribution in [-0.2, 0) is 6.61 Å². The van der Waals surface area contributed by atoms with E-state index in [1.54, 1.807) is 12.1 Å². The van der Waals surface area contributed by atoms with E-state index in [2.05, 4.69) is 0 Å². The molecule has 2 N–H and O–H groups in total. The molecular weight excluding hydrogens is 244 g/mol. The molecular formula is C12H17ClO4. The van der Waals surface area contributed by atoms with Gasteiger partial charge in [-0.1, -0.05) is 18.5 Å². The summed E-state index contributed by atoms with van der Waals surface area (Å²) in [5, 5.41) is 18.6. The van der Waals surface area contributed by atoms with E-state index < -0.39 is 0 Å². The molecule has 1 aromatic rings. The Bertz CT molecular complexity index is 343. The van der Waals surface area contributed by atoms with E-state index in [0.717, 1.165) is 0 Å². The summed E-state index contributed by atoms with van der Waals surface area (Å²) in [6.45, 7) is 2.08. The number of rotatable bonds is 6. The largest absolute Gasteiger partial charge is 0.493 e. The van der Waals surface area contributed by atoms with Crippen LogP contribution in [0.3, 0.4) is 0 Å². The molecule has 0 aliphatic carbocycles. The molecule has 0 amide bonds. The Morgan fingerprint density at radius 3 is 2.59 bits per heavy atom. The fourth-order valence-corrected chi connectivity index (χ4v) is 1.56. The molecule has 4 nitrogen and oxygen atoms in total. The Balaban J connectivity index is 2.94. The van der Waals surface area contributed by atoms with Crippen molar-refractivity contribution in [3.05, 3.63) is 22.7 Å². The number of benzene rings is 1. The molecule has 0 heterocycles. The predicted molar refractivity (Wildman–Crippen MR) is 65.7 cm³/mol. The van der Waals surface area contributed by atoms with Crippen molar-refractivity contribution < 1.29 is 19.7 Å². The molecule has 0 aliphatic heterocycles. The molecule has 1 aromatic carbocycles. The topological polar surface area (TPSA) is 58.9 Å². The molecule has 1 rings (SSSR count). The van der Waals surface area contributed by atoms with Gasteiger partial charge in [-0.05, 0) is 6.07 Å².